The Labute approximate surface area is 298 Å². The van der Waals surface area contributed by atoms with Gasteiger partial charge in [-0.15, -0.1) is 0 Å². The summed E-state index contributed by atoms with van der Waals surface area (Å²) < 4.78 is 17.7. The average Bonchev–Trinajstić information content (AvgIpc) is 3.80. The fraction of sp³-hybridized carbons (Fsp3) is 0.394. The monoisotopic (exact) mass is 736 g/mol. The fourth-order valence-electron chi connectivity index (χ4n) is 6.84. The highest BCUT2D eigenvalue weighted by Crippen LogP contribution is 2.45. The molecule has 0 fully saturated rings. The molecule has 0 amide bonds. The first kappa shape index (κ1) is 33.9. The maximum atomic E-state index is 13.9. The average molecular weight is 738 g/mol. The Morgan fingerprint density at radius 1 is 0.620 bits per heavy atom. The van der Waals surface area contributed by atoms with Crippen molar-refractivity contribution in [1.29, 1.82) is 0 Å². The number of fused-ring (bicyclic) bond motifs is 4. The standard InChI is InChI=1S/C33H34Cl2N10O4S/c1-7-8-9-10-11-12-13-45-31(47)25-29(43(5)33(45)49)37-27(41(25)3)21-17-15-19(35)18(34)14-16(17)20(22-23(21)39-50-38-22)26-36-28-24(40(26)2)30(46)44(6)32(48)42(28)4/h14-15H,7-13H2,1-6H3. The molecule has 0 spiro atoms. The summed E-state index contributed by atoms with van der Waals surface area (Å²) in [5.41, 5.74) is 1.02. The number of aryl methyl sites for hydroxylation is 4. The molecule has 0 aliphatic heterocycles. The number of hydrogen-bond acceptors (Lipinski definition) is 9. The lowest BCUT2D eigenvalue weighted by molar-refractivity contribution is 0.526. The zero-order valence-corrected chi connectivity index (χ0v) is 30.7. The summed E-state index contributed by atoms with van der Waals surface area (Å²) in [7, 11) is 8.01. The lowest BCUT2D eigenvalue weighted by Crippen LogP contribution is -2.39. The van der Waals surface area contributed by atoms with E-state index in [2.05, 4.69) is 15.7 Å². The molecule has 260 valence electrons. The predicted octanol–water partition coefficient (Wildman–Crippen LogP) is 4.88. The number of hydrogen-bond donors (Lipinski definition) is 0. The minimum absolute atomic E-state index is 0.206. The van der Waals surface area contributed by atoms with E-state index in [0.717, 1.165) is 42.0 Å². The zero-order valence-electron chi connectivity index (χ0n) is 28.4. The predicted molar refractivity (Wildman–Crippen MR) is 198 cm³/mol. The second-order valence-electron chi connectivity index (χ2n) is 12.6. The molecule has 5 heterocycles. The van der Waals surface area contributed by atoms with Gasteiger partial charge in [-0.2, -0.15) is 8.75 Å². The fourth-order valence-corrected chi connectivity index (χ4v) is 7.73. The van der Waals surface area contributed by atoms with Gasteiger partial charge in [0, 0.05) is 41.8 Å². The number of imidazole rings is 2. The molecule has 0 aliphatic carbocycles. The first-order valence-corrected chi connectivity index (χ1v) is 17.7. The van der Waals surface area contributed by atoms with Crippen LogP contribution >= 0.6 is 34.9 Å². The normalized spacial score (nSPS) is 12.1. The van der Waals surface area contributed by atoms with Crippen LogP contribution in [0.15, 0.2) is 31.3 Å². The van der Waals surface area contributed by atoms with E-state index in [1.165, 1.54) is 27.2 Å². The molecule has 0 bridgehead atoms. The molecule has 0 radical (unpaired) electrons. The summed E-state index contributed by atoms with van der Waals surface area (Å²) >= 11 is 14.3. The molecule has 0 aliphatic rings. The Morgan fingerprint density at radius 2 is 1.10 bits per heavy atom. The second kappa shape index (κ2) is 12.6. The third-order valence-corrected chi connectivity index (χ3v) is 10.8. The summed E-state index contributed by atoms with van der Waals surface area (Å²) in [6.07, 6.45) is 6.13. The summed E-state index contributed by atoms with van der Waals surface area (Å²) in [5.74, 6) is 0.731. The summed E-state index contributed by atoms with van der Waals surface area (Å²) in [5, 5.41) is 1.69. The van der Waals surface area contributed by atoms with Gasteiger partial charge in [-0.05, 0) is 29.3 Å². The lowest BCUT2D eigenvalue weighted by Gasteiger charge is -2.14. The van der Waals surface area contributed by atoms with Crippen molar-refractivity contribution >= 4 is 79.1 Å². The van der Waals surface area contributed by atoms with E-state index in [4.69, 9.17) is 33.2 Å². The van der Waals surface area contributed by atoms with Gasteiger partial charge in [0.05, 0.1) is 32.9 Å². The largest absolute Gasteiger partial charge is 0.332 e. The van der Waals surface area contributed by atoms with Crippen LogP contribution in [0.1, 0.15) is 45.4 Å². The first-order chi connectivity index (χ1) is 23.9. The van der Waals surface area contributed by atoms with E-state index in [0.29, 0.717) is 57.5 Å². The molecule has 7 rings (SSSR count). The summed E-state index contributed by atoms with van der Waals surface area (Å²) in [6, 6.07) is 3.39. The van der Waals surface area contributed by atoms with E-state index in [1.807, 2.05) is 0 Å². The van der Waals surface area contributed by atoms with Crippen molar-refractivity contribution < 1.29 is 0 Å². The maximum Gasteiger partial charge on any atom is 0.332 e. The van der Waals surface area contributed by atoms with E-state index in [9.17, 15) is 19.2 Å². The molecule has 17 heteroatoms. The summed E-state index contributed by atoms with van der Waals surface area (Å²) in [6.45, 7) is 2.47. The number of nitrogens with zero attached hydrogens (tertiary/aromatic N) is 10. The van der Waals surface area contributed by atoms with Gasteiger partial charge < -0.3 is 9.13 Å². The Morgan fingerprint density at radius 3 is 1.64 bits per heavy atom. The molecule has 0 atom stereocenters. The van der Waals surface area contributed by atoms with E-state index < -0.39 is 22.5 Å². The third-order valence-electron chi connectivity index (χ3n) is 9.58. The van der Waals surface area contributed by atoms with E-state index in [-0.39, 0.29) is 32.4 Å². The first-order valence-electron chi connectivity index (χ1n) is 16.2. The number of unbranched alkanes of at least 4 members (excludes halogenated alkanes) is 5. The molecule has 2 aromatic carbocycles. The van der Waals surface area contributed by atoms with Crippen molar-refractivity contribution in [1.82, 2.24) is 46.1 Å². The highest BCUT2D eigenvalue weighted by Gasteiger charge is 2.29. The lowest BCUT2D eigenvalue weighted by atomic mass is 9.96. The van der Waals surface area contributed by atoms with Crippen molar-refractivity contribution in [2.24, 2.45) is 35.2 Å². The van der Waals surface area contributed by atoms with Crippen molar-refractivity contribution in [2.75, 3.05) is 0 Å². The topological polar surface area (TPSA) is 149 Å². The van der Waals surface area contributed by atoms with Crippen molar-refractivity contribution in [3.05, 3.63) is 63.9 Å². The Hall–Kier alpha value is -4.60. The SMILES string of the molecule is CCCCCCCCn1c(=O)c2c(nc(-c3c4cc(Cl)c(Cl)cc4c(-c4nc5c(c(=O)n(C)c(=O)n5C)n4C)c4nsnc34)n2C)n(C)c1=O. The van der Waals surface area contributed by atoms with Gasteiger partial charge in [0.1, 0.15) is 22.7 Å². The van der Waals surface area contributed by atoms with Gasteiger partial charge in [0.2, 0.25) is 0 Å². The van der Waals surface area contributed by atoms with Crippen LogP contribution in [0.4, 0.5) is 0 Å². The number of halogens is 2. The molecule has 0 unspecified atom stereocenters. The van der Waals surface area contributed by atoms with Crippen LogP contribution in [-0.4, -0.2) is 46.1 Å². The summed E-state index contributed by atoms with van der Waals surface area (Å²) in [4.78, 5) is 63.1. The van der Waals surface area contributed by atoms with Crippen LogP contribution in [0.25, 0.3) is 66.9 Å². The van der Waals surface area contributed by atoms with Crippen molar-refractivity contribution in [2.45, 2.75) is 52.0 Å². The molecule has 0 N–H and O–H groups in total. The van der Waals surface area contributed by atoms with Crippen molar-refractivity contribution in [3.63, 3.8) is 0 Å². The van der Waals surface area contributed by atoms with Crippen LogP contribution in [0.2, 0.25) is 10.0 Å². The van der Waals surface area contributed by atoms with Gasteiger partial charge in [0.25, 0.3) is 11.1 Å². The highest BCUT2D eigenvalue weighted by molar-refractivity contribution is 7.00. The van der Waals surface area contributed by atoms with Crippen LogP contribution < -0.4 is 22.5 Å². The van der Waals surface area contributed by atoms with Crippen molar-refractivity contribution in [3.8, 4) is 22.8 Å². The third kappa shape index (κ3) is 4.96. The molecule has 0 saturated carbocycles. The molecule has 14 nitrogen and oxygen atoms in total. The van der Waals surface area contributed by atoms with Gasteiger partial charge in [-0.3, -0.25) is 27.9 Å². The molecular formula is C33H34Cl2N10O4S. The minimum Gasteiger partial charge on any atom is -0.321 e. The Balaban J connectivity index is 1.51. The van der Waals surface area contributed by atoms with Gasteiger partial charge >= 0.3 is 11.4 Å². The molecule has 7 aromatic rings. The maximum absolute atomic E-state index is 13.9. The highest BCUT2D eigenvalue weighted by atomic mass is 35.5. The Kier molecular flexibility index (Phi) is 8.55. The van der Waals surface area contributed by atoms with Crippen LogP contribution in [0.3, 0.4) is 0 Å². The number of aromatic nitrogens is 10. The molecular weight excluding hydrogens is 703 g/mol. The van der Waals surface area contributed by atoms with Gasteiger partial charge in [-0.1, -0.05) is 62.2 Å². The smallest absolute Gasteiger partial charge is 0.321 e. The van der Waals surface area contributed by atoms with Gasteiger partial charge in [0.15, 0.2) is 22.3 Å². The second-order valence-corrected chi connectivity index (χ2v) is 14.0. The van der Waals surface area contributed by atoms with Crippen LogP contribution in [0.5, 0.6) is 0 Å². The van der Waals surface area contributed by atoms with Gasteiger partial charge in [-0.25, -0.2) is 19.6 Å². The molecule has 0 saturated heterocycles. The number of benzene rings is 2. The van der Waals surface area contributed by atoms with E-state index >= 15 is 0 Å². The minimum atomic E-state index is -0.509. The van der Waals surface area contributed by atoms with E-state index in [1.54, 1.807) is 49.5 Å². The Bertz CT molecular complexity index is 2780. The molecule has 5 aromatic heterocycles. The number of rotatable bonds is 9. The van der Waals surface area contributed by atoms with Crippen LogP contribution in [-0.2, 0) is 41.8 Å². The van der Waals surface area contributed by atoms with Crippen LogP contribution in [0, 0.1) is 0 Å². The zero-order chi connectivity index (χ0) is 35.8. The quantitative estimate of drug-likeness (QED) is 0.191. The molecule has 50 heavy (non-hydrogen) atoms.